The van der Waals surface area contributed by atoms with Crippen molar-refractivity contribution in [1.29, 1.82) is 0 Å². The molecule has 0 aliphatic rings. The Bertz CT molecular complexity index is 573. The van der Waals surface area contributed by atoms with E-state index in [1.807, 2.05) is 23.6 Å². The Labute approximate surface area is 136 Å². The zero-order valence-electron chi connectivity index (χ0n) is 11.1. The molecule has 0 spiro atoms. The van der Waals surface area contributed by atoms with Crippen molar-refractivity contribution < 1.29 is 4.39 Å². The van der Waals surface area contributed by atoms with Crippen molar-refractivity contribution in [2.24, 2.45) is 0 Å². The Morgan fingerprint density at radius 3 is 2.80 bits per heavy atom. The quantitative estimate of drug-likeness (QED) is 0.693. The zero-order chi connectivity index (χ0) is 14.5. The van der Waals surface area contributed by atoms with Crippen LogP contribution in [-0.4, -0.2) is 6.54 Å². The fraction of sp³-hybridized carbons (Fsp3) is 0.333. The smallest absolute Gasteiger partial charge is 0.137 e. The van der Waals surface area contributed by atoms with Gasteiger partial charge in [-0.1, -0.05) is 24.6 Å². The average molecular weight is 377 g/mol. The molecule has 2 aromatic rings. The van der Waals surface area contributed by atoms with Gasteiger partial charge in [-0.05, 0) is 64.5 Å². The molecular formula is C15H16BrClFNS. The molecule has 0 fully saturated rings. The van der Waals surface area contributed by atoms with Crippen LogP contribution in [0.15, 0.2) is 34.1 Å². The Balaban J connectivity index is 2.19. The minimum atomic E-state index is -0.235. The van der Waals surface area contributed by atoms with E-state index in [1.165, 1.54) is 6.07 Å². The largest absolute Gasteiger partial charge is 0.309 e. The van der Waals surface area contributed by atoms with E-state index in [-0.39, 0.29) is 11.9 Å². The van der Waals surface area contributed by atoms with Crippen LogP contribution in [0.4, 0.5) is 4.39 Å². The third-order valence-electron chi connectivity index (χ3n) is 3.03. The summed E-state index contributed by atoms with van der Waals surface area (Å²) >= 11 is 11.1. The SMILES string of the molecule is CCCNC(Cc1ccc(F)c(Br)c1)c1sccc1Cl. The van der Waals surface area contributed by atoms with Crippen LogP contribution in [0.3, 0.4) is 0 Å². The first-order valence-corrected chi connectivity index (χ1v) is 8.57. The van der Waals surface area contributed by atoms with E-state index in [4.69, 9.17) is 11.6 Å². The summed E-state index contributed by atoms with van der Waals surface area (Å²) in [6.07, 6.45) is 1.85. The van der Waals surface area contributed by atoms with Crippen molar-refractivity contribution in [3.8, 4) is 0 Å². The number of hydrogen-bond acceptors (Lipinski definition) is 2. The molecule has 1 heterocycles. The van der Waals surface area contributed by atoms with E-state index in [1.54, 1.807) is 11.3 Å². The first-order chi connectivity index (χ1) is 9.61. The maximum absolute atomic E-state index is 13.3. The molecule has 108 valence electrons. The molecule has 1 nitrogen and oxygen atoms in total. The van der Waals surface area contributed by atoms with Crippen LogP contribution in [0, 0.1) is 5.82 Å². The summed E-state index contributed by atoms with van der Waals surface area (Å²) in [5.74, 6) is -0.235. The molecule has 0 amide bonds. The topological polar surface area (TPSA) is 12.0 Å². The fourth-order valence-electron chi connectivity index (χ4n) is 2.03. The summed E-state index contributed by atoms with van der Waals surface area (Å²) < 4.78 is 13.8. The van der Waals surface area contributed by atoms with Crippen LogP contribution in [0.1, 0.15) is 29.8 Å². The molecule has 20 heavy (non-hydrogen) atoms. The summed E-state index contributed by atoms with van der Waals surface area (Å²) in [6, 6.07) is 7.23. The van der Waals surface area contributed by atoms with Crippen LogP contribution in [0.5, 0.6) is 0 Å². The zero-order valence-corrected chi connectivity index (χ0v) is 14.3. The fourth-order valence-corrected chi connectivity index (χ4v) is 3.72. The second-order valence-electron chi connectivity index (χ2n) is 4.59. The van der Waals surface area contributed by atoms with Gasteiger partial charge in [0.2, 0.25) is 0 Å². The lowest BCUT2D eigenvalue weighted by Gasteiger charge is -2.18. The van der Waals surface area contributed by atoms with E-state index in [0.717, 1.165) is 34.8 Å². The second kappa shape index (κ2) is 7.55. The summed E-state index contributed by atoms with van der Waals surface area (Å²) in [6.45, 7) is 3.07. The maximum atomic E-state index is 13.3. The molecule has 0 saturated heterocycles. The van der Waals surface area contributed by atoms with Gasteiger partial charge in [0.15, 0.2) is 0 Å². The van der Waals surface area contributed by atoms with Crippen molar-refractivity contribution >= 4 is 38.9 Å². The lowest BCUT2D eigenvalue weighted by molar-refractivity contribution is 0.535. The van der Waals surface area contributed by atoms with Crippen LogP contribution in [0.25, 0.3) is 0 Å². The van der Waals surface area contributed by atoms with Gasteiger partial charge in [-0.25, -0.2) is 4.39 Å². The monoisotopic (exact) mass is 375 g/mol. The molecule has 1 aromatic carbocycles. The third-order valence-corrected chi connectivity index (χ3v) is 5.11. The molecular weight excluding hydrogens is 361 g/mol. The Hall–Kier alpha value is -0.420. The predicted octanol–water partition coefficient (Wildman–Crippen LogP) is 5.59. The molecule has 0 bridgehead atoms. The van der Waals surface area contributed by atoms with Crippen LogP contribution < -0.4 is 5.32 Å². The minimum Gasteiger partial charge on any atom is -0.309 e. The second-order valence-corrected chi connectivity index (χ2v) is 6.80. The minimum absolute atomic E-state index is 0.166. The first kappa shape index (κ1) is 16.0. The number of thiophene rings is 1. The lowest BCUT2D eigenvalue weighted by atomic mass is 10.0. The van der Waals surface area contributed by atoms with Gasteiger partial charge in [0.25, 0.3) is 0 Å². The molecule has 0 aliphatic heterocycles. The highest BCUT2D eigenvalue weighted by molar-refractivity contribution is 9.10. The van der Waals surface area contributed by atoms with E-state index in [2.05, 4.69) is 28.2 Å². The van der Waals surface area contributed by atoms with Crippen molar-refractivity contribution in [1.82, 2.24) is 5.32 Å². The number of hydrogen-bond donors (Lipinski definition) is 1. The summed E-state index contributed by atoms with van der Waals surface area (Å²) in [5.41, 5.74) is 1.08. The van der Waals surface area contributed by atoms with E-state index in [9.17, 15) is 4.39 Å². The van der Waals surface area contributed by atoms with E-state index >= 15 is 0 Å². The summed E-state index contributed by atoms with van der Waals surface area (Å²) in [7, 11) is 0. The molecule has 0 saturated carbocycles. The highest BCUT2D eigenvalue weighted by Gasteiger charge is 2.16. The average Bonchev–Trinajstić information content (AvgIpc) is 2.85. The van der Waals surface area contributed by atoms with E-state index < -0.39 is 0 Å². The molecule has 1 N–H and O–H groups in total. The van der Waals surface area contributed by atoms with Crippen LogP contribution >= 0.6 is 38.9 Å². The summed E-state index contributed by atoms with van der Waals surface area (Å²) in [5, 5.41) is 6.31. The Kier molecular flexibility index (Phi) is 6.02. The van der Waals surface area contributed by atoms with Gasteiger partial charge >= 0.3 is 0 Å². The van der Waals surface area contributed by atoms with Crippen molar-refractivity contribution in [2.75, 3.05) is 6.54 Å². The highest BCUT2D eigenvalue weighted by Crippen LogP contribution is 2.31. The van der Waals surface area contributed by atoms with Crippen molar-refractivity contribution in [2.45, 2.75) is 25.8 Å². The van der Waals surface area contributed by atoms with Gasteiger partial charge in [-0.15, -0.1) is 11.3 Å². The lowest BCUT2D eigenvalue weighted by Crippen LogP contribution is -2.23. The Morgan fingerprint density at radius 2 is 2.20 bits per heavy atom. The molecule has 1 unspecified atom stereocenters. The van der Waals surface area contributed by atoms with Gasteiger partial charge in [0.05, 0.1) is 9.50 Å². The highest BCUT2D eigenvalue weighted by atomic mass is 79.9. The van der Waals surface area contributed by atoms with Crippen molar-refractivity contribution in [3.63, 3.8) is 0 Å². The van der Waals surface area contributed by atoms with Gasteiger partial charge in [-0.3, -0.25) is 0 Å². The normalized spacial score (nSPS) is 12.6. The number of halogens is 3. The number of nitrogens with one attached hydrogen (secondary N) is 1. The third kappa shape index (κ3) is 4.04. The predicted molar refractivity (Wildman–Crippen MR) is 88.2 cm³/mol. The van der Waals surface area contributed by atoms with Crippen molar-refractivity contribution in [3.05, 3.63) is 55.4 Å². The molecule has 2 rings (SSSR count). The van der Waals surface area contributed by atoms with Gasteiger partial charge in [0.1, 0.15) is 5.82 Å². The molecule has 1 atom stereocenters. The Morgan fingerprint density at radius 1 is 1.40 bits per heavy atom. The molecule has 0 radical (unpaired) electrons. The van der Waals surface area contributed by atoms with Gasteiger partial charge in [-0.2, -0.15) is 0 Å². The number of rotatable bonds is 6. The molecule has 0 aliphatic carbocycles. The standard InChI is InChI=1S/C15H16BrClFNS/c1-2-6-19-14(15-12(17)5-7-20-15)9-10-3-4-13(18)11(16)8-10/h3-5,7-8,14,19H,2,6,9H2,1H3. The molecule has 1 aromatic heterocycles. The van der Waals surface area contributed by atoms with E-state index in [0.29, 0.717) is 4.47 Å². The maximum Gasteiger partial charge on any atom is 0.137 e. The first-order valence-electron chi connectivity index (χ1n) is 6.52. The number of benzene rings is 1. The molecule has 5 heteroatoms. The van der Waals surface area contributed by atoms with Gasteiger partial charge in [0, 0.05) is 10.9 Å². The summed E-state index contributed by atoms with van der Waals surface area (Å²) in [4.78, 5) is 1.14. The van der Waals surface area contributed by atoms with Crippen LogP contribution in [-0.2, 0) is 6.42 Å². The van der Waals surface area contributed by atoms with Crippen LogP contribution in [0.2, 0.25) is 5.02 Å². The van der Waals surface area contributed by atoms with Gasteiger partial charge < -0.3 is 5.32 Å².